The number of hydrogen-bond acceptors (Lipinski definition) is 16. The lowest BCUT2D eigenvalue weighted by molar-refractivity contribution is -0.151. The number of carbonyl (C=O) groups excluding carboxylic acids is 12. The van der Waals surface area contributed by atoms with E-state index in [1.54, 1.807) is 20.8 Å². The van der Waals surface area contributed by atoms with E-state index in [0.29, 0.717) is 12.8 Å². The standard InChI is InChI=1S/C54H91ClN12O16/c1-11-32(55)20-17-15-13-14-16-19-28(5)41-45(73)52(80)62-40(27(3)4)49(77)59-33(12-2)47(75)64-43(30(7)69)51(79)65-42(29(6)68)50(78)60-34(22-23-37(56)70)46(74)58-26-39(72)61-44(31(8)83-10)54(82)66(9)36(25-38(57)71)53(81)67-24-18-21-35(67)48(76)63-41/h12,27-32,34-36,40-45,68-69,73H,11,13-26H2,1-10H3,(H2,56,70)(H2,57,71)(H,58,74)(H,59,77)(H,60,78)(H,61,72)(H,62,80)(H,63,76)(H,64,75)(H,65,79). The number of nitrogens with two attached hydrogens (primary N) is 2. The first-order valence-corrected chi connectivity index (χ1v) is 28.8. The Kier molecular flexibility index (Phi) is 31.1. The van der Waals surface area contributed by atoms with Crippen molar-refractivity contribution in [1.82, 2.24) is 52.3 Å². The highest BCUT2D eigenvalue weighted by atomic mass is 35.5. The number of rotatable bonds is 20. The number of halogens is 1. The van der Waals surface area contributed by atoms with Gasteiger partial charge in [-0.2, -0.15) is 0 Å². The maximum Gasteiger partial charge on any atom is 0.268 e. The molecule has 0 spiro atoms. The average molecular weight is 1200 g/mol. The van der Waals surface area contributed by atoms with E-state index in [1.165, 1.54) is 21.0 Å². The smallest absolute Gasteiger partial charge is 0.268 e. The number of primary amides is 2. The summed E-state index contributed by atoms with van der Waals surface area (Å²) in [6, 6.07) is -12.8. The summed E-state index contributed by atoms with van der Waals surface area (Å²) in [5.41, 5.74) is 10.5. The van der Waals surface area contributed by atoms with Crippen LogP contribution in [0.4, 0.5) is 0 Å². The van der Waals surface area contributed by atoms with Crippen LogP contribution in [0, 0.1) is 11.8 Å². The topological polar surface area (TPSA) is 430 Å². The van der Waals surface area contributed by atoms with Crippen LogP contribution in [0.3, 0.4) is 0 Å². The number of nitrogens with one attached hydrogen (secondary N) is 8. The van der Waals surface area contributed by atoms with E-state index < -0.39 is 187 Å². The van der Waals surface area contributed by atoms with Gasteiger partial charge >= 0.3 is 0 Å². The second-order valence-electron chi connectivity index (χ2n) is 21.7. The first-order chi connectivity index (χ1) is 38.9. The molecule has 83 heavy (non-hydrogen) atoms. The summed E-state index contributed by atoms with van der Waals surface area (Å²) in [6.07, 6.45) is -0.603. The number of fused-ring (bicyclic) bond motifs is 1. The minimum absolute atomic E-state index is 0.0427. The number of likely N-dealkylation sites (N-methyl/N-ethyl adjacent to an activating group) is 1. The number of alkyl halides is 1. The molecule has 2 aliphatic heterocycles. The van der Waals surface area contributed by atoms with Crippen molar-refractivity contribution in [3.05, 3.63) is 11.8 Å². The van der Waals surface area contributed by atoms with Gasteiger partial charge in [-0.25, -0.2) is 0 Å². The number of aliphatic hydroxyl groups excluding tert-OH is 3. The van der Waals surface area contributed by atoms with Crippen LogP contribution in [0.15, 0.2) is 11.8 Å². The quantitative estimate of drug-likeness (QED) is 0.0333. The van der Waals surface area contributed by atoms with Crippen LogP contribution in [0.5, 0.6) is 0 Å². The number of ether oxygens (including phenoxy) is 1. The van der Waals surface area contributed by atoms with E-state index >= 15 is 0 Å². The molecule has 0 aromatic heterocycles. The molecule has 15 N–H and O–H groups in total. The van der Waals surface area contributed by atoms with Gasteiger partial charge in [0.1, 0.15) is 48.0 Å². The second-order valence-corrected chi connectivity index (χ2v) is 22.4. The fourth-order valence-electron chi connectivity index (χ4n) is 9.51. The van der Waals surface area contributed by atoms with E-state index in [-0.39, 0.29) is 24.8 Å². The minimum Gasteiger partial charge on any atom is -0.391 e. The highest BCUT2D eigenvalue weighted by Crippen LogP contribution is 2.25. The Labute approximate surface area is 490 Å². The summed E-state index contributed by atoms with van der Waals surface area (Å²) in [5, 5.41) is 52.6. The Hall–Kier alpha value is -6.49. The zero-order chi connectivity index (χ0) is 63.0. The van der Waals surface area contributed by atoms with Gasteiger partial charge in [0.25, 0.3) is 11.8 Å². The van der Waals surface area contributed by atoms with Gasteiger partial charge in [-0.1, -0.05) is 65.9 Å². The van der Waals surface area contributed by atoms with E-state index in [0.717, 1.165) is 75.3 Å². The number of nitrogens with zero attached hydrogens (tertiary/aromatic N) is 2. The molecule has 29 heteroatoms. The molecular formula is C54H91ClN12O16. The highest BCUT2D eigenvalue weighted by Gasteiger charge is 2.44. The van der Waals surface area contributed by atoms with Crippen LogP contribution < -0.4 is 54.0 Å². The fraction of sp³-hybridized carbons (Fsp3) is 0.741. The SMILES string of the molecule is CC=C1NC(=O)C(C(C)C)NC(=O)C(O)C(C(C)CCCCCCCC(Cl)CC)NC(=O)C2CCCN2C(=O)C(CC(N)=O)N(C)C(=O)C(C(C)OC)NC(=O)CNC(=O)C(CCC(N)=O)NC(=O)C(C(C)O)NC(=O)C(C(C)O)NC1=O. The molecule has 2 saturated heterocycles. The van der Waals surface area contributed by atoms with Crippen LogP contribution in [0.2, 0.25) is 0 Å². The summed E-state index contributed by atoms with van der Waals surface area (Å²) in [7, 11) is 2.38. The molecule has 28 nitrogen and oxygen atoms in total. The second kappa shape index (κ2) is 35.6. The predicted molar refractivity (Wildman–Crippen MR) is 302 cm³/mol. The van der Waals surface area contributed by atoms with Crippen LogP contribution in [-0.4, -0.2) is 201 Å². The van der Waals surface area contributed by atoms with Crippen molar-refractivity contribution in [3.8, 4) is 0 Å². The van der Waals surface area contributed by atoms with Crippen molar-refractivity contribution in [2.24, 2.45) is 23.3 Å². The third-order valence-corrected chi connectivity index (χ3v) is 15.3. The van der Waals surface area contributed by atoms with Crippen molar-refractivity contribution in [2.45, 2.75) is 217 Å². The van der Waals surface area contributed by atoms with Gasteiger partial charge in [0.2, 0.25) is 59.1 Å². The van der Waals surface area contributed by atoms with Crippen molar-refractivity contribution in [3.63, 3.8) is 0 Å². The summed E-state index contributed by atoms with van der Waals surface area (Å²) in [4.78, 5) is 167. The molecule has 2 rings (SSSR count). The number of methoxy groups -OCH3 is 1. The number of carbonyl (C=O) groups is 12. The molecule has 0 bridgehead atoms. The number of unbranched alkanes of at least 4 members (excludes halogenated alkanes) is 4. The van der Waals surface area contributed by atoms with Gasteiger partial charge in [-0.05, 0) is 78.1 Å². The van der Waals surface area contributed by atoms with Crippen molar-refractivity contribution in [2.75, 3.05) is 27.2 Å². The molecule has 0 radical (unpaired) electrons. The first kappa shape index (κ1) is 72.6. The largest absolute Gasteiger partial charge is 0.391 e. The van der Waals surface area contributed by atoms with Gasteiger partial charge in [0, 0.05) is 32.5 Å². The summed E-state index contributed by atoms with van der Waals surface area (Å²) in [6.45, 7) is 10.9. The number of allylic oxidation sites excluding steroid dienone is 1. The van der Waals surface area contributed by atoms with Crippen LogP contribution in [-0.2, 0) is 62.3 Å². The molecule has 2 heterocycles. The number of amides is 12. The molecule has 470 valence electrons. The van der Waals surface area contributed by atoms with Gasteiger partial charge in [-0.3, -0.25) is 57.5 Å². The van der Waals surface area contributed by atoms with Crippen LogP contribution in [0.25, 0.3) is 0 Å². The molecule has 0 aromatic carbocycles. The van der Waals surface area contributed by atoms with E-state index in [1.807, 2.05) is 6.92 Å². The van der Waals surface area contributed by atoms with Crippen molar-refractivity contribution < 1.29 is 77.6 Å². The number of aliphatic hydroxyl groups is 3. The molecule has 12 amide bonds. The summed E-state index contributed by atoms with van der Waals surface area (Å²) >= 11 is 6.30. The molecule has 14 atom stereocenters. The van der Waals surface area contributed by atoms with Crippen molar-refractivity contribution in [1.29, 1.82) is 0 Å². The van der Waals surface area contributed by atoms with E-state index in [2.05, 4.69) is 42.5 Å². The molecular weight excluding hydrogens is 1110 g/mol. The van der Waals surface area contributed by atoms with Gasteiger partial charge in [-0.15, -0.1) is 11.6 Å². The molecule has 14 unspecified atom stereocenters. The first-order valence-electron chi connectivity index (χ1n) is 28.3. The zero-order valence-electron chi connectivity index (χ0n) is 49.4. The predicted octanol–water partition coefficient (Wildman–Crippen LogP) is -2.80. The normalized spacial score (nSPS) is 27.3. The molecule has 0 aromatic rings. The Balaban J connectivity index is 2.79. The van der Waals surface area contributed by atoms with E-state index in [4.69, 9.17) is 27.8 Å². The number of hydrogen-bond donors (Lipinski definition) is 13. The molecule has 0 saturated carbocycles. The Bertz CT molecular complexity index is 2310. The fourth-order valence-corrected chi connectivity index (χ4v) is 9.67. The maximum atomic E-state index is 14.7. The van der Waals surface area contributed by atoms with Crippen LogP contribution in [0.1, 0.15) is 139 Å². The monoisotopic (exact) mass is 1200 g/mol. The van der Waals surface area contributed by atoms with Gasteiger partial charge < -0.3 is 83.9 Å². The minimum atomic E-state index is -2.02. The Morgan fingerprint density at radius 3 is 1.86 bits per heavy atom. The lowest BCUT2D eigenvalue weighted by Gasteiger charge is -2.36. The van der Waals surface area contributed by atoms with E-state index in [9.17, 15) is 72.9 Å². The average Bonchev–Trinajstić information content (AvgIpc) is 4.16. The third-order valence-electron chi connectivity index (χ3n) is 14.8. The lowest BCUT2D eigenvalue weighted by atomic mass is 9.90. The highest BCUT2D eigenvalue weighted by molar-refractivity contribution is 6.20. The Morgan fingerprint density at radius 2 is 1.30 bits per heavy atom. The van der Waals surface area contributed by atoms with Gasteiger partial charge in [0.05, 0.1) is 37.3 Å². The van der Waals surface area contributed by atoms with Crippen molar-refractivity contribution >= 4 is 82.5 Å². The molecule has 0 aliphatic carbocycles. The lowest BCUT2D eigenvalue weighted by Crippen LogP contribution is -2.62. The van der Waals surface area contributed by atoms with Gasteiger partial charge in [0.15, 0.2) is 6.10 Å². The zero-order valence-corrected chi connectivity index (χ0v) is 50.2. The molecule has 2 aliphatic rings. The third kappa shape index (κ3) is 22.9. The van der Waals surface area contributed by atoms with Crippen LogP contribution >= 0.6 is 11.6 Å². The summed E-state index contributed by atoms with van der Waals surface area (Å²) < 4.78 is 5.40. The molecule has 2 fully saturated rings. The Morgan fingerprint density at radius 1 is 0.723 bits per heavy atom. The maximum absolute atomic E-state index is 14.7. The summed E-state index contributed by atoms with van der Waals surface area (Å²) in [5.74, 6) is -13.7.